The van der Waals surface area contributed by atoms with Gasteiger partial charge in [0.15, 0.2) is 21.3 Å². The molecular formula is C24H25F4N3O5S. The van der Waals surface area contributed by atoms with Gasteiger partial charge in [0.2, 0.25) is 0 Å². The normalized spacial score (nSPS) is 19.7. The third-order valence-electron chi connectivity index (χ3n) is 6.31. The maximum absolute atomic E-state index is 13.4. The van der Waals surface area contributed by atoms with Crippen molar-refractivity contribution in [2.45, 2.75) is 52.2 Å². The van der Waals surface area contributed by atoms with Gasteiger partial charge in [0.05, 0.1) is 22.7 Å². The second-order valence-electron chi connectivity index (χ2n) is 9.86. The van der Waals surface area contributed by atoms with Crippen molar-refractivity contribution in [2.75, 3.05) is 11.5 Å². The van der Waals surface area contributed by atoms with Crippen LogP contribution in [0.2, 0.25) is 0 Å². The van der Waals surface area contributed by atoms with Crippen LogP contribution in [0.3, 0.4) is 0 Å². The number of ether oxygens (including phenoxy) is 1. The molecule has 8 nitrogen and oxygen atoms in total. The lowest BCUT2D eigenvalue weighted by molar-refractivity contribution is -0.253. The first-order valence-corrected chi connectivity index (χ1v) is 13.3. The summed E-state index contributed by atoms with van der Waals surface area (Å²) >= 11 is 0. The minimum absolute atomic E-state index is 0.0102. The summed E-state index contributed by atoms with van der Waals surface area (Å²) in [6, 6.07) is 5.85. The fraction of sp³-hybridized carbons (Fsp3) is 0.458. The molecule has 0 N–H and O–H groups in total. The van der Waals surface area contributed by atoms with Crippen LogP contribution in [-0.4, -0.2) is 52.4 Å². The molecule has 3 heterocycles. The number of alkyl halides is 4. The lowest BCUT2D eigenvalue weighted by atomic mass is 9.83. The van der Waals surface area contributed by atoms with Crippen LogP contribution in [0, 0.1) is 5.41 Å². The molecule has 13 heteroatoms. The Hall–Kier alpha value is -3.22. The summed E-state index contributed by atoms with van der Waals surface area (Å²) in [4.78, 5) is 30.7. The number of carbonyl (C=O) groups is 1. The van der Waals surface area contributed by atoms with Crippen LogP contribution < -0.4 is 10.4 Å². The number of nitrogens with zero attached hydrogens (tertiary/aromatic N) is 3. The molecule has 4 rings (SSSR count). The highest BCUT2D eigenvalue weighted by Crippen LogP contribution is 2.36. The SMILES string of the molecule is CC(C)n1c(=O)n(-c2cccc(OC(F)(F)C(F)F)c2)c2ncc(C(=O)C[C@@]3(C)CCS(=O)(=O)C3)cc21. The van der Waals surface area contributed by atoms with Crippen molar-refractivity contribution in [3.05, 3.63) is 52.6 Å². The molecule has 1 aliphatic rings. The second-order valence-corrected chi connectivity index (χ2v) is 12.0. The third-order valence-corrected chi connectivity index (χ3v) is 8.27. The second kappa shape index (κ2) is 9.26. The van der Waals surface area contributed by atoms with Gasteiger partial charge in [-0.05, 0) is 43.9 Å². The molecule has 0 radical (unpaired) electrons. The molecule has 0 aliphatic carbocycles. The summed E-state index contributed by atoms with van der Waals surface area (Å²) in [6.45, 7) is 5.20. The Morgan fingerprint density at radius 2 is 1.95 bits per heavy atom. The summed E-state index contributed by atoms with van der Waals surface area (Å²) in [5.74, 6) is -0.964. The van der Waals surface area contributed by atoms with Crippen LogP contribution in [0.1, 0.15) is 50.0 Å². The Balaban J connectivity index is 1.76. The number of imidazole rings is 1. The maximum atomic E-state index is 13.4. The number of fused-ring (bicyclic) bond motifs is 1. The van der Waals surface area contributed by atoms with Gasteiger partial charge >= 0.3 is 18.2 Å². The van der Waals surface area contributed by atoms with E-state index < -0.39 is 39.2 Å². The Labute approximate surface area is 209 Å². The minimum atomic E-state index is -4.72. The number of Topliss-reactive ketones (excluding diaryl/α,β-unsaturated/α-hetero) is 1. The molecule has 1 atom stereocenters. The average molecular weight is 544 g/mol. The number of rotatable bonds is 8. The van der Waals surface area contributed by atoms with E-state index >= 15 is 0 Å². The van der Waals surface area contributed by atoms with Gasteiger partial charge < -0.3 is 4.74 Å². The first-order chi connectivity index (χ1) is 17.1. The molecule has 1 aromatic carbocycles. The Bertz CT molecular complexity index is 1530. The maximum Gasteiger partial charge on any atom is 0.461 e. The third kappa shape index (κ3) is 5.27. The van der Waals surface area contributed by atoms with Crippen LogP contribution >= 0.6 is 0 Å². The fourth-order valence-electron chi connectivity index (χ4n) is 4.58. The monoisotopic (exact) mass is 543 g/mol. The molecule has 37 heavy (non-hydrogen) atoms. The predicted octanol–water partition coefficient (Wildman–Crippen LogP) is 4.40. The number of carbonyl (C=O) groups excluding carboxylic acids is 1. The van der Waals surface area contributed by atoms with Crippen LogP contribution in [0.25, 0.3) is 16.9 Å². The summed E-state index contributed by atoms with van der Waals surface area (Å²) in [7, 11) is -3.20. The quantitative estimate of drug-likeness (QED) is 0.308. The number of benzene rings is 1. The van der Waals surface area contributed by atoms with E-state index in [1.54, 1.807) is 20.8 Å². The number of halogens is 4. The number of hydrogen-bond acceptors (Lipinski definition) is 6. The van der Waals surface area contributed by atoms with Crippen LogP contribution in [0.15, 0.2) is 41.3 Å². The molecule has 0 spiro atoms. The Morgan fingerprint density at radius 3 is 2.54 bits per heavy atom. The van der Waals surface area contributed by atoms with Gasteiger partial charge in [-0.1, -0.05) is 13.0 Å². The van der Waals surface area contributed by atoms with Crippen molar-refractivity contribution in [1.29, 1.82) is 0 Å². The number of pyridine rings is 1. The standard InChI is InChI=1S/C24H25F4N3O5S/c1-14(2)30-18-9-15(19(32)11-23(3)7-8-37(34,35)13-23)12-29-20(18)31(22(30)33)16-5-4-6-17(10-16)36-24(27,28)21(25)26/h4-6,9-10,12,14,21H,7-8,11,13H2,1-3H3/t23-/m1/s1. The number of ketones is 1. The van der Waals surface area contributed by atoms with Crippen LogP contribution in [0.5, 0.6) is 5.75 Å². The molecule has 0 saturated carbocycles. The highest BCUT2D eigenvalue weighted by Gasteiger charge is 2.44. The zero-order chi connectivity index (χ0) is 27.3. The van der Waals surface area contributed by atoms with E-state index in [0.29, 0.717) is 11.9 Å². The summed E-state index contributed by atoms with van der Waals surface area (Å²) in [5, 5.41) is 0. The van der Waals surface area contributed by atoms with Gasteiger partial charge in [-0.3, -0.25) is 9.36 Å². The van der Waals surface area contributed by atoms with Crippen molar-refractivity contribution >= 4 is 26.8 Å². The molecule has 3 aromatic rings. The van der Waals surface area contributed by atoms with Gasteiger partial charge in [-0.15, -0.1) is 0 Å². The van der Waals surface area contributed by atoms with E-state index in [1.165, 1.54) is 29.0 Å². The Morgan fingerprint density at radius 1 is 1.24 bits per heavy atom. The summed E-state index contributed by atoms with van der Waals surface area (Å²) in [6.07, 6.45) is -7.15. The van der Waals surface area contributed by atoms with E-state index in [-0.39, 0.29) is 46.6 Å². The van der Waals surface area contributed by atoms with Crippen molar-refractivity contribution in [1.82, 2.24) is 14.1 Å². The Kier molecular flexibility index (Phi) is 6.72. The van der Waals surface area contributed by atoms with Gasteiger partial charge in [-0.25, -0.2) is 22.8 Å². The zero-order valence-electron chi connectivity index (χ0n) is 20.3. The smallest absolute Gasteiger partial charge is 0.428 e. The number of sulfone groups is 1. The van der Waals surface area contributed by atoms with E-state index in [9.17, 15) is 35.6 Å². The predicted molar refractivity (Wildman–Crippen MR) is 128 cm³/mol. The largest absolute Gasteiger partial charge is 0.461 e. The lowest BCUT2D eigenvalue weighted by Gasteiger charge is -2.20. The van der Waals surface area contributed by atoms with Crippen molar-refractivity contribution < 1.29 is 35.5 Å². The highest BCUT2D eigenvalue weighted by atomic mass is 32.2. The molecular weight excluding hydrogens is 518 g/mol. The molecule has 200 valence electrons. The van der Waals surface area contributed by atoms with E-state index in [4.69, 9.17) is 0 Å². The van der Waals surface area contributed by atoms with Gasteiger partial charge in [0.1, 0.15) is 5.75 Å². The van der Waals surface area contributed by atoms with E-state index in [2.05, 4.69) is 9.72 Å². The first-order valence-electron chi connectivity index (χ1n) is 11.4. The molecule has 0 amide bonds. The van der Waals surface area contributed by atoms with Crippen molar-refractivity contribution in [3.8, 4) is 11.4 Å². The van der Waals surface area contributed by atoms with Gasteiger partial charge in [0.25, 0.3) is 0 Å². The molecule has 1 aliphatic heterocycles. The summed E-state index contributed by atoms with van der Waals surface area (Å²) < 4.78 is 82.5. The summed E-state index contributed by atoms with van der Waals surface area (Å²) in [5.41, 5.74) is -0.643. The highest BCUT2D eigenvalue weighted by molar-refractivity contribution is 7.91. The first kappa shape index (κ1) is 26.8. The lowest BCUT2D eigenvalue weighted by Crippen LogP contribution is -2.33. The molecule has 1 fully saturated rings. The number of aromatic nitrogens is 3. The molecule has 0 bridgehead atoms. The molecule has 0 unspecified atom stereocenters. The fourth-order valence-corrected chi connectivity index (χ4v) is 6.83. The minimum Gasteiger partial charge on any atom is -0.428 e. The van der Waals surface area contributed by atoms with Gasteiger partial charge in [0, 0.05) is 30.3 Å². The van der Waals surface area contributed by atoms with Gasteiger partial charge in [-0.2, -0.15) is 17.6 Å². The van der Waals surface area contributed by atoms with E-state index in [1.807, 2.05) is 0 Å². The van der Waals surface area contributed by atoms with Crippen LogP contribution in [-0.2, 0) is 9.84 Å². The van der Waals surface area contributed by atoms with E-state index in [0.717, 1.165) is 16.7 Å². The molecule has 1 saturated heterocycles. The van der Waals surface area contributed by atoms with Crippen LogP contribution in [0.4, 0.5) is 17.6 Å². The number of hydrogen-bond donors (Lipinski definition) is 0. The van der Waals surface area contributed by atoms with Crippen molar-refractivity contribution in [2.24, 2.45) is 5.41 Å². The van der Waals surface area contributed by atoms with Crippen molar-refractivity contribution in [3.63, 3.8) is 0 Å². The average Bonchev–Trinajstić information content (AvgIpc) is 3.23. The topological polar surface area (TPSA) is 100 Å². The zero-order valence-corrected chi connectivity index (χ0v) is 21.1. The molecule has 2 aromatic heterocycles.